The van der Waals surface area contributed by atoms with Crippen LogP contribution in [-0.4, -0.2) is 25.0 Å². The van der Waals surface area contributed by atoms with Crippen molar-refractivity contribution in [2.24, 2.45) is 10.2 Å². The minimum atomic E-state index is 0.260. The highest BCUT2D eigenvalue weighted by Gasteiger charge is 2.15. The van der Waals surface area contributed by atoms with Crippen molar-refractivity contribution in [3.05, 3.63) is 47.5 Å². The topological polar surface area (TPSA) is 61.6 Å². The van der Waals surface area contributed by atoms with Crippen LogP contribution in [-0.2, 0) is 0 Å². The molecule has 6 nitrogen and oxygen atoms in total. The van der Waals surface area contributed by atoms with E-state index in [9.17, 15) is 0 Å². The molecule has 0 saturated heterocycles. The van der Waals surface area contributed by atoms with Gasteiger partial charge in [0, 0.05) is 11.1 Å². The summed E-state index contributed by atoms with van der Waals surface area (Å²) in [6.07, 6.45) is 0. The number of hydrogen-bond donors (Lipinski definition) is 0. The summed E-state index contributed by atoms with van der Waals surface area (Å²) in [4.78, 5) is 0. The zero-order chi connectivity index (χ0) is 16.5. The molecular formula is C18H16N2O4. The van der Waals surface area contributed by atoms with Crippen LogP contribution in [0, 0.1) is 0 Å². The maximum atomic E-state index is 5.39. The van der Waals surface area contributed by atoms with Crippen LogP contribution in [0.25, 0.3) is 0 Å². The van der Waals surface area contributed by atoms with Crippen molar-refractivity contribution in [3.63, 3.8) is 0 Å². The fourth-order valence-electron chi connectivity index (χ4n) is 2.51. The molecule has 0 unspecified atom stereocenters. The van der Waals surface area contributed by atoms with Gasteiger partial charge in [0.15, 0.2) is 23.0 Å². The number of rotatable bonds is 3. The normalized spacial score (nSPS) is 15.8. The maximum absolute atomic E-state index is 5.39. The van der Waals surface area contributed by atoms with Gasteiger partial charge in [-0.15, -0.1) is 0 Å². The van der Waals surface area contributed by atoms with E-state index < -0.39 is 0 Å². The molecule has 2 aliphatic heterocycles. The first-order valence-electron chi connectivity index (χ1n) is 7.59. The lowest BCUT2D eigenvalue weighted by atomic mass is 10.1. The first-order chi connectivity index (χ1) is 11.7. The van der Waals surface area contributed by atoms with Gasteiger partial charge in [-0.1, -0.05) is 0 Å². The Bertz CT molecular complexity index is 787. The van der Waals surface area contributed by atoms with Crippen LogP contribution in [0.15, 0.2) is 46.6 Å². The van der Waals surface area contributed by atoms with Gasteiger partial charge in [0.25, 0.3) is 0 Å². The Kier molecular flexibility index (Phi) is 3.57. The van der Waals surface area contributed by atoms with Crippen molar-refractivity contribution in [1.29, 1.82) is 0 Å². The Hall–Kier alpha value is -3.02. The fraction of sp³-hybridized carbons (Fsp3) is 0.222. The lowest BCUT2D eigenvalue weighted by Gasteiger charge is -2.03. The molecule has 0 N–H and O–H groups in total. The quantitative estimate of drug-likeness (QED) is 0.641. The second-order valence-electron chi connectivity index (χ2n) is 5.51. The Morgan fingerprint density at radius 1 is 0.667 bits per heavy atom. The molecule has 0 amide bonds. The van der Waals surface area contributed by atoms with Crippen LogP contribution >= 0.6 is 0 Å². The van der Waals surface area contributed by atoms with Crippen molar-refractivity contribution in [1.82, 2.24) is 0 Å². The summed E-state index contributed by atoms with van der Waals surface area (Å²) < 4.78 is 21.4. The first-order valence-corrected chi connectivity index (χ1v) is 7.59. The van der Waals surface area contributed by atoms with E-state index in [1.54, 1.807) is 0 Å². The summed E-state index contributed by atoms with van der Waals surface area (Å²) in [5.41, 5.74) is 3.49. The van der Waals surface area contributed by atoms with E-state index in [4.69, 9.17) is 18.9 Å². The predicted octanol–water partition coefficient (Wildman–Crippen LogP) is 3.38. The molecule has 2 aromatic carbocycles. The molecule has 6 heteroatoms. The molecule has 0 radical (unpaired) electrons. The second-order valence-corrected chi connectivity index (χ2v) is 5.51. The summed E-state index contributed by atoms with van der Waals surface area (Å²) >= 11 is 0. The van der Waals surface area contributed by atoms with Crippen LogP contribution < -0.4 is 18.9 Å². The molecule has 0 aliphatic carbocycles. The highest BCUT2D eigenvalue weighted by Crippen LogP contribution is 2.33. The molecule has 2 aliphatic rings. The fourth-order valence-corrected chi connectivity index (χ4v) is 2.51. The lowest BCUT2D eigenvalue weighted by molar-refractivity contribution is 0.173. The summed E-state index contributed by atoms with van der Waals surface area (Å²) in [6, 6.07) is 11.5. The van der Waals surface area contributed by atoms with Crippen LogP contribution in [0.5, 0.6) is 23.0 Å². The largest absolute Gasteiger partial charge is 0.454 e. The highest BCUT2D eigenvalue weighted by molar-refractivity contribution is 6.02. The molecular weight excluding hydrogens is 308 g/mol. The van der Waals surface area contributed by atoms with Gasteiger partial charge in [-0.05, 0) is 50.2 Å². The zero-order valence-corrected chi connectivity index (χ0v) is 13.4. The molecule has 0 bridgehead atoms. The third-order valence-corrected chi connectivity index (χ3v) is 3.93. The molecule has 0 atom stereocenters. The van der Waals surface area contributed by atoms with Crippen LogP contribution in [0.2, 0.25) is 0 Å². The van der Waals surface area contributed by atoms with Gasteiger partial charge in [-0.25, -0.2) is 0 Å². The van der Waals surface area contributed by atoms with E-state index in [2.05, 4.69) is 10.2 Å². The van der Waals surface area contributed by atoms with Gasteiger partial charge in [0.2, 0.25) is 13.6 Å². The molecule has 2 heterocycles. The summed E-state index contributed by atoms with van der Waals surface area (Å²) in [5.74, 6) is 2.98. The van der Waals surface area contributed by atoms with Crippen molar-refractivity contribution >= 4 is 11.4 Å². The van der Waals surface area contributed by atoms with Gasteiger partial charge in [-0.3, -0.25) is 0 Å². The van der Waals surface area contributed by atoms with E-state index >= 15 is 0 Å². The third kappa shape index (κ3) is 2.67. The Morgan fingerprint density at radius 2 is 1.08 bits per heavy atom. The zero-order valence-electron chi connectivity index (χ0n) is 13.4. The second kappa shape index (κ2) is 5.88. The number of nitrogens with zero attached hydrogens (tertiary/aromatic N) is 2. The number of ether oxygens (including phenoxy) is 4. The highest BCUT2D eigenvalue weighted by atomic mass is 16.7. The Morgan fingerprint density at radius 3 is 1.54 bits per heavy atom. The van der Waals surface area contributed by atoms with E-state index in [0.29, 0.717) is 0 Å². The minimum absolute atomic E-state index is 0.260. The van der Waals surface area contributed by atoms with Gasteiger partial charge in [0.1, 0.15) is 0 Å². The third-order valence-electron chi connectivity index (χ3n) is 3.93. The van der Waals surface area contributed by atoms with Crippen molar-refractivity contribution in [3.8, 4) is 23.0 Å². The van der Waals surface area contributed by atoms with Crippen molar-refractivity contribution < 1.29 is 18.9 Å². The van der Waals surface area contributed by atoms with Gasteiger partial charge in [0.05, 0.1) is 11.4 Å². The molecule has 24 heavy (non-hydrogen) atoms. The maximum Gasteiger partial charge on any atom is 0.231 e. The summed E-state index contributed by atoms with van der Waals surface area (Å²) in [7, 11) is 0. The number of benzene rings is 2. The smallest absolute Gasteiger partial charge is 0.231 e. The number of hydrogen-bond acceptors (Lipinski definition) is 6. The molecule has 0 saturated carbocycles. The average molecular weight is 324 g/mol. The minimum Gasteiger partial charge on any atom is -0.454 e. The van der Waals surface area contributed by atoms with E-state index in [-0.39, 0.29) is 13.6 Å². The predicted molar refractivity (Wildman–Crippen MR) is 89.6 cm³/mol. The molecule has 0 fully saturated rings. The van der Waals surface area contributed by atoms with Gasteiger partial charge >= 0.3 is 0 Å². The monoisotopic (exact) mass is 324 g/mol. The molecule has 0 spiro atoms. The SMILES string of the molecule is C/C(=N\N=C(/C)c1ccc2c(c1)OCO2)c1ccc2c(c1)OCO2. The first kappa shape index (κ1) is 14.6. The molecule has 2 aromatic rings. The molecule has 0 aromatic heterocycles. The lowest BCUT2D eigenvalue weighted by Crippen LogP contribution is -1.97. The molecule has 122 valence electrons. The van der Waals surface area contributed by atoms with Crippen molar-refractivity contribution in [2.45, 2.75) is 13.8 Å². The van der Waals surface area contributed by atoms with Crippen LogP contribution in [0.3, 0.4) is 0 Å². The molecule has 4 rings (SSSR count). The van der Waals surface area contributed by atoms with Crippen molar-refractivity contribution in [2.75, 3.05) is 13.6 Å². The Labute approximate surface area is 139 Å². The number of fused-ring (bicyclic) bond motifs is 2. The van der Waals surface area contributed by atoms with Gasteiger partial charge < -0.3 is 18.9 Å². The Balaban J connectivity index is 1.57. The summed E-state index contributed by atoms with van der Waals surface area (Å²) in [6.45, 7) is 4.34. The van der Waals surface area contributed by atoms with Crippen LogP contribution in [0.1, 0.15) is 25.0 Å². The van der Waals surface area contributed by atoms with E-state index in [1.165, 1.54) is 0 Å². The van der Waals surface area contributed by atoms with E-state index in [0.717, 1.165) is 45.5 Å². The average Bonchev–Trinajstić information content (AvgIpc) is 3.26. The van der Waals surface area contributed by atoms with E-state index in [1.807, 2.05) is 50.2 Å². The summed E-state index contributed by atoms with van der Waals surface area (Å²) in [5, 5.41) is 8.65. The van der Waals surface area contributed by atoms with Crippen LogP contribution in [0.4, 0.5) is 0 Å². The van der Waals surface area contributed by atoms with Gasteiger partial charge in [-0.2, -0.15) is 10.2 Å². The standard InChI is InChI=1S/C18H16N2O4/c1-11(13-3-5-15-17(7-13)23-9-21-15)19-20-12(2)14-4-6-16-18(8-14)24-10-22-16/h3-8H,9-10H2,1-2H3/b19-11+,20-12+.